The van der Waals surface area contributed by atoms with E-state index in [0.29, 0.717) is 17.3 Å². The lowest BCUT2D eigenvalue weighted by molar-refractivity contribution is -0.291. The number of pyridine rings is 1. The quantitative estimate of drug-likeness (QED) is 0.212. The molecule has 1 saturated carbocycles. The lowest BCUT2D eigenvalue weighted by Gasteiger charge is -2.16. The Morgan fingerprint density at radius 1 is 1.19 bits per heavy atom. The van der Waals surface area contributed by atoms with E-state index < -0.39 is 36.0 Å². The van der Waals surface area contributed by atoms with Crippen molar-refractivity contribution in [1.29, 1.82) is 5.26 Å². The summed E-state index contributed by atoms with van der Waals surface area (Å²) in [6.45, 7) is 1.23. The van der Waals surface area contributed by atoms with Gasteiger partial charge in [0.1, 0.15) is 5.69 Å². The highest BCUT2D eigenvalue weighted by atomic mass is 35.5. The number of carbonyl (C=O) groups is 2. The normalized spacial score (nSPS) is 13.5. The van der Waals surface area contributed by atoms with Crippen LogP contribution in [0.25, 0.3) is 5.82 Å². The van der Waals surface area contributed by atoms with Gasteiger partial charge in [-0.15, -0.1) is 5.10 Å². The molecule has 222 valence electrons. The fourth-order valence-corrected chi connectivity index (χ4v) is 4.49. The fraction of sp³-hybridized carbons (Fsp3) is 0.296. The molecular formula is C27H20ClF5N8O2. The number of nitrogens with zero attached hydrogens (tertiary/aromatic N) is 7. The van der Waals surface area contributed by atoms with Gasteiger partial charge in [0.05, 0.1) is 35.1 Å². The number of carbonyl (C=O) groups excluding carboxylic acids is 2. The van der Waals surface area contributed by atoms with Gasteiger partial charge in [-0.3, -0.25) is 9.59 Å². The predicted octanol–water partition coefficient (Wildman–Crippen LogP) is 4.71. The van der Waals surface area contributed by atoms with Gasteiger partial charge in [0, 0.05) is 24.2 Å². The maximum absolute atomic E-state index is 13.8. The van der Waals surface area contributed by atoms with Crippen LogP contribution in [0.2, 0.25) is 5.02 Å². The Morgan fingerprint density at radius 3 is 2.58 bits per heavy atom. The molecule has 0 aliphatic heterocycles. The van der Waals surface area contributed by atoms with Gasteiger partial charge in [-0.05, 0) is 61.2 Å². The molecule has 0 saturated heterocycles. The summed E-state index contributed by atoms with van der Waals surface area (Å²) in [6.07, 6.45) is -2.69. The number of amides is 1. The van der Waals surface area contributed by atoms with E-state index in [2.05, 4.69) is 25.7 Å². The number of benzene rings is 1. The maximum atomic E-state index is 13.8. The minimum absolute atomic E-state index is 0.0192. The molecule has 0 atom stereocenters. The molecule has 0 unspecified atom stereocenters. The average molecular weight is 619 g/mol. The molecule has 3 heterocycles. The summed E-state index contributed by atoms with van der Waals surface area (Å²) in [5, 5.41) is 23.0. The van der Waals surface area contributed by atoms with Crippen molar-refractivity contribution < 1.29 is 31.5 Å². The first-order valence-electron chi connectivity index (χ1n) is 12.7. The van der Waals surface area contributed by atoms with Crippen LogP contribution >= 0.6 is 11.6 Å². The summed E-state index contributed by atoms with van der Waals surface area (Å²) >= 11 is 6.31. The monoisotopic (exact) mass is 618 g/mol. The van der Waals surface area contributed by atoms with Crippen LogP contribution in [0, 0.1) is 18.3 Å². The van der Waals surface area contributed by atoms with E-state index in [9.17, 15) is 36.8 Å². The number of aryl methyl sites for hydroxylation is 1. The molecule has 5 rings (SSSR count). The average Bonchev–Trinajstić information content (AvgIpc) is 3.46. The molecule has 4 aromatic rings. The highest BCUT2D eigenvalue weighted by Gasteiger charge is 2.60. The third-order valence-electron chi connectivity index (χ3n) is 6.62. The number of hydrogen-bond donors (Lipinski definition) is 1. The molecule has 1 amide bonds. The lowest BCUT2D eigenvalue weighted by Crippen LogP contribution is -2.34. The van der Waals surface area contributed by atoms with Gasteiger partial charge in [-0.2, -0.15) is 32.3 Å². The maximum Gasteiger partial charge on any atom is 0.459 e. The van der Waals surface area contributed by atoms with Crippen LogP contribution in [0.4, 0.5) is 22.0 Å². The number of halogens is 6. The van der Waals surface area contributed by atoms with Crippen LogP contribution in [0.15, 0.2) is 42.7 Å². The Hall–Kier alpha value is -4.71. The Balaban J connectivity index is 1.51. The second-order valence-corrected chi connectivity index (χ2v) is 10.3. The molecule has 10 nitrogen and oxygen atoms in total. The van der Waals surface area contributed by atoms with Crippen LogP contribution in [-0.2, 0) is 18.9 Å². The minimum Gasteiger partial charge on any atom is -0.349 e. The first-order valence-corrected chi connectivity index (χ1v) is 13.1. The summed E-state index contributed by atoms with van der Waals surface area (Å²) in [6, 6.07) is 9.31. The van der Waals surface area contributed by atoms with Gasteiger partial charge in [-0.25, -0.2) is 14.3 Å². The molecule has 0 radical (unpaired) electrons. The molecular weight excluding hydrogens is 599 g/mol. The van der Waals surface area contributed by atoms with Gasteiger partial charge in [-0.1, -0.05) is 16.8 Å². The topological polar surface area (TPSA) is 131 Å². The van der Waals surface area contributed by atoms with Crippen molar-refractivity contribution in [3.05, 3.63) is 87.1 Å². The van der Waals surface area contributed by atoms with Crippen LogP contribution in [0.3, 0.4) is 0 Å². The number of nitrogens with one attached hydrogen (secondary N) is 1. The number of hydrogen-bond acceptors (Lipinski definition) is 7. The van der Waals surface area contributed by atoms with E-state index in [-0.39, 0.29) is 45.8 Å². The summed E-state index contributed by atoms with van der Waals surface area (Å²) < 4.78 is 67.6. The number of alkyl halides is 5. The summed E-state index contributed by atoms with van der Waals surface area (Å²) in [5.41, 5.74) is -0.314. The number of nitriles is 1. The van der Waals surface area contributed by atoms with Crippen molar-refractivity contribution in [2.45, 2.75) is 50.9 Å². The Labute approximate surface area is 245 Å². The van der Waals surface area contributed by atoms with E-state index in [0.717, 1.165) is 22.2 Å². The van der Waals surface area contributed by atoms with E-state index in [1.807, 2.05) is 6.07 Å². The molecule has 16 heteroatoms. The molecule has 1 aromatic carbocycles. The zero-order valence-electron chi connectivity index (χ0n) is 22.2. The van der Waals surface area contributed by atoms with Gasteiger partial charge in [0.15, 0.2) is 17.3 Å². The zero-order chi connectivity index (χ0) is 31.1. The van der Waals surface area contributed by atoms with Crippen molar-refractivity contribution in [2.24, 2.45) is 0 Å². The van der Waals surface area contributed by atoms with Gasteiger partial charge in [0.25, 0.3) is 5.91 Å². The van der Waals surface area contributed by atoms with Crippen molar-refractivity contribution in [1.82, 2.24) is 35.1 Å². The third kappa shape index (κ3) is 6.09. The Bertz CT molecular complexity index is 1770. The van der Waals surface area contributed by atoms with E-state index in [1.165, 1.54) is 24.4 Å². The summed E-state index contributed by atoms with van der Waals surface area (Å²) in [7, 11) is 0. The largest absolute Gasteiger partial charge is 0.459 e. The highest BCUT2D eigenvalue weighted by Crippen LogP contribution is 2.42. The number of rotatable bonds is 9. The fourth-order valence-electron chi connectivity index (χ4n) is 4.29. The van der Waals surface area contributed by atoms with Crippen LogP contribution in [0.5, 0.6) is 0 Å². The second kappa shape index (κ2) is 11.2. The van der Waals surface area contributed by atoms with E-state index >= 15 is 0 Å². The molecule has 1 fully saturated rings. The number of ketones is 1. The highest BCUT2D eigenvalue weighted by molar-refractivity contribution is 6.32. The predicted molar refractivity (Wildman–Crippen MR) is 140 cm³/mol. The van der Waals surface area contributed by atoms with Crippen molar-refractivity contribution in [3.8, 4) is 11.9 Å². The van der Waals surface area contributed by atoms with Gasteiger partial charge in [0.2, 0.25) is 0 Å². The smallest absolute Gasteiger partial charge is 0.349 e. The first kappa shape index (κ1) is 29.8. The lowest BCUT2D eigenvalue weighted by atomic mass is 9.93. The molecule has 0 spiro atoms. The van der Waals surface area contributed by atoms with Crippen molar-refractivity contribution in [2.75, 3.05) is 0 Å². The molecule has 1 aliphatic carbocycles. The number of Topliss-reactive ketones (excluding diaryl/α,β-unsaturated/α-hetero) is 1. The molecule has 3 aromatic heterocycles. The molecule has 1 aliphatic rings. The van der Waals surface area contributed by atoms with Crippen molar-refractivity contribution in [3.63, 3.8) is 0 Å². The second-order valence-electron chi connectivity index (χ2n) is 9.89. The zero-order valence-corrected chi connectivity index (χ0v) is 22.9. The molecule has 1 N–H and O–H groups in total. The Kier molecular flexibility index (Phi) is 7.74. The first-order chi connectivity index (χ1) is 20.3. The van der Waals surface area contributed by atoms with E-state index in [4.69, 9.17) is 11.6 Å². The van der Waals surface area contributed by atoms with Crippen LogP contribution in [-0.4, -0.2) is 53.7 Å². The summed E-state index contributed by atoms with van der Waals surface area (Å²) in [5.74, 6) is -6.15. The van der Waals surface area contributed by atoms with Gasteiger partial charge < -0.3 is 5.32 Å². The summed E-state index contributed by atoms with van der Waals surface area (Å²) in [4.78, 5) is 30.9. The van der Waals surface area contributed by atoms with Crippen LogP contribution in [0.1, 0.15) is 61.8 Å². The Morgan fingerprint density at radius 2 is 1.93 bits per heavy atom. The van der Waals surface area contributed by atoms with E-state index in [1.54, 1.807) is 19.1 Å². The number of aromatic nitrogens is 6. The molecule has 0 bridgehead atoms. The SMILES string of the molecule is Cc1cc(C#N)cc(C(=O)NC2CC2)c1CC(=O)c1cc(Cn2cc(C(F)(F)C(F)(F)F)nn2)nn1-c1ncccc1Cl. The third-order valence-corrected chi connectivity index (χ3v) is 6.92. The standard InChI is InChI=1S/C27H20ClF5N8O2/c1-14-7-15(11-34)8-19(25(43)36-16-4-5-16)18(14)10-22(42)21-9-17(38-41(21)24-20(28)3-2-6-35-24)12-40-13-23(37-39-40)26(29,30)27(31,32)33/h2-3,6-9,13,16H,4-5,10,12H2,1H3,(H,36,43). The van der Waals surface area contributed by atoms with Crippen LogP contribution < -0.4 is 5.32 Å². The van der Waals surface area contributed by atoms with Gasteiger partial charge >= 0.3 is 12.1 Å². The molecule has 43 heavy (non-hydrogen) atoms. The van der Waals surface area contributed by atoms with Crippen molar-refractivity contribution >= 4 is 23.3 Å². The minimum atomic E-state index is -5.87.